The van der Waals surface area contributed by atoms with E-state index in [1.807, 2.05) is 0 Å². The van der Waals surface area contributed by atoms with Crippen molar-refractivity contribution in [3.05, 3.63) is 0 Å². The fraction of sp³-hybridized carbons (Fsp3) is 1.00. The second-order valence-electron chi connectivity index (χ2n) is 2.88. The average molecular weight is 144 g/mol. The van der Waals surface area contributed by atoms with E-state index in [-0.39, 0.29) is 0 Å². The quantitative estimate of drug-likeness (QED) is 0.369. The summed E-state index contributed by atoms with van der Waals surface area (Å²) in [5.74, 6) is 0. The number of hydrogen-bond acceptors (Lipinski definition) is 2. The molecule has 1 aliphatic heterocycles. The summed E-state index contributed by atoms with van der Waals surface area (Å²) in [6.45, 7) is 0. The second kappa shape index (κ2) is 2.07. The molecule has 0 aromatic rings. The molecule has 0 aromatic carbocycles. The van der Waals surface area contributed by atoms with Gasteiger partial charge in [0, 0.05) is 12.5 Å². The van der Waals surface area contributed by atoms with Crippen molar-refractivity contribution < 1.29 is 9.16 Å². The fourth-order valence-corrected chi connectivity index (χ4v) is 2.01. The van der Waals surface area contributed by atoms with Crippen LogP contribution in [-0.2, 0) is 9.16 Å². The third-order valence-corrected chi connectivity index (χ3v) is 2.96. The van der Waals surface area contributed by atoms with Gasteiger partial charge in [-0.15, -0.1) is 0 Å². The molecule has 0 aromatic heterocycles. The van der Waals surface area contributed by atoms with Gasteiger partial charge < -0.3 is 9.16 Å². The maximum atomic E-state index is 5.35. The molecule has 2 fully saturated rings. The Morgan fingerprint density at radius 2 is 2.22 bits per heavy atom. The lowest BCUT2D eigenvalue weighted by atomic mass is 9.98. The summed E-state index contributed by atoms with van der Waals surface area (Å²) in [5.41, 5.74) is 0. The van der Waals surface area contributed by atoms with Gasteiger partial charge in [0.1, 0.15) is 10.5 Å². The Bertz CT molecular complexity index is 118. The van der Waals surface area contributed by atoms with E-state index in [9.17, 15) is 0 Å². The van der Waals surface area contributed by atoms with Gasteiger partial charge in [0.2, 0.25) is 0 Å². The normalized spacial score (nSPS) is 48.7. The van der Waals surface area contributed by atoms with Crippen LogP contribution < -0.4 is 0 Å². The van der Waals surface area contributed by atoms with Crippen molar-refractivity contribution in [2.45, 2.75) is 37.6 Å². The maximum absolute atomic E-state index is 5.35. The summed E-state index contributed by atoms with van der Waals surface area (Å²) in [5, 5.41) is 0. The Hall–Kier alpha value is 0.137. The first kappa shape index (κ1) is 5.89. The highest BCUT2D eigenvalue weighted by atomic mass is 28.2. The van der Waals surface area contributed by atoms with Crippen LogP contribution in [0, 0.1) is 0 Å². The van der Waals surface area contributed by atoms with E-state index in [2.05, 4.69) is 0 Å². The van der Waals surface area contributed by atoms with E-state index in [1.54, 1.807) is 0 Å². The highest BCUT2D eigenvalue weighted by molar-refractivity contribution is 5.98. The van der Waals surface area contributed by atoms with Crippen LogP contribution in [-0.4, -0.2) is 28.8 Å². The molecule has 0 unspecified atom stereocenters. The van der Waals surface area contributed by atoms with Crippen LogP contribution in [0.2, 0.25) is 0 Å². The molecule has 0 amide bonds. The third kappa shape index (κ3) is 1.04. The van der Waals surface area contributed by atoms with Crippen molar-refractivity contribution in [2.24, 2.45) is 0 Å². The maximum Gasteiger partial charge on any atom is 0.146 e. The Morgan fingerprint density at radius 3 is 2.89 bits per heavy atom. The molecule has 1 aliphatic carbocycles. The monoisotopic (exact) mass is 144 g/mol. The van der Waals surface area contributed by atoms with E-state index < -0.39 is 0 Å². The third-order valence-electron chi connectivity index (χ3n) is 2.29. The molecule has 3 atom stereocenters. The lowest BCUT2D eigenvalue weighted by Crippen LogP contribution is -2.20. The Morgan fingerprint density at radius 1 is 1.33 bits per heavy atom. The number of epoxide rings is 1. The molecule has 0 bridgehead atoms. The zero-order chi connectivity index (χ0) is 6.27. The molecule has 2 aliphatic rings. The van der Waals surface area contributed by atoms with Crippen LogP contribution in [0.15, 0.2) is 0 Å². The molecule has 2 nitrogen and oxygen atoms in total. The summed E-state index contributed by atoms with van der Waals surface area (Å²) < 4.78 is 10.7. The van der Waals surface area contributed by atoms with Gasteiger partial charge in [-0.1, -0.05) is 0 Å². The van der Waals surface area contributed by atoms with E-state index in [0.717, 1.165) is 16.9 Å². The summed E-state index contributed by atoms with van der Waals surface area (Å²) in [6.07, 6.45) is 5.37. The van der Waals surface area contributed by atoms with Crippen LogP contribution in [0.25, 0.3) is 0 Å². The van der Waals surface area contributed by atoms with E-state index in [4.69, 9.17) is 9.16 Å². The minimum absolute atomic E-state index is 0.542. The Kier molecular flexibility index (Phi) is 1.36. The molecule has 1 saturated carbocycles. The zero-order valence-electron chi connectivity index (χ0n) is 5.67. The van der Waals surface area contributed by atoms with Crippen LogP contribution >= 0.6 is 0 Å². The standard InChI is InChI=1S/C6H12O2Si/c9-8-4-1-2-5-6(3-4)7-5/h4-6H,1-3H2,9H3/t4-,5+,6-/m1/s1. The Labute approximate surface area is 58.1 Å². The molecule has 9 heavy (non-hydrogen) atoms. The lowest BCUT2D eigenvalue weighted by Gasteiger charge is -2.16. The van der Waals surface area contributed by atoms with Gasteiger partial charge in [-0.25, -0.2) is 0 Å². The average Bonchev–Trinajstić information content (AvgIpc) is 2.64. The summed E-state index contributed by atoms with van der Waals surface area (Å²) in [7, 11) is 0.884. The number of hydrogen-bond donors (Lipinski definition) is 0. The van der Waals surface area contributed by atoms with E-state index in [1.165, 1.54) is 12.8 Å². The predicted octanol–water partition coefficient (Wildman–Crippen LogP) is -0.397. The first-order chi connectivity index (χ1) is 4.40. The summed E-state index contributed by atoms with van der Waals surface area (Å²) in [4.78, 5) is 0. The Balaban J connectivity index is 1.86. The lowest BCUT2D eigenvalue weighted by molar-refractivity contribution is 0.180. The predicted molar refractivity (Wildman–Crippen MR) is 37.3 cm³/mol. The van der Waals surface area contributed by atoms with Gasteiger partial charge in [0.25, 0.3) is 0 Å². The molecule has 0 radical (unpaired) electrons. The molecule has 1 heterocycles. The highest BCUT2D eigenvalue weighted by Gasteiger charge is 2.43. The smallest absolute Gasteiger partial charge is 0.146 e. The van der Waals surface area contributed by atoms with Gasteiger partial charge in [-0.05, 0) is 12.8 Å². The molecule has 52 valence electrons. The van der Waals surface area contributed by atoms with Crippen molar-refractivity contribution in [3.8, 4) is 0 Å². The largest absolute Gasteiger partial charge is 0.425 e. The molecule has 2 rings (SSSR count). The molecule has 0 spiro atoms. The van der Waals surface area contributed by atoms with Crippen molar-refractivity contribution in [3.63, 3.8) is 0 Å². The highest BCUT2D eigenvalue weighted by Crippen LogP contribution is 2.37. The molecule has 1 saturated heterocycles. The van der Waals surface area contributed by atoms with Crippen LogP contribution in [0.5, 0.6) is 0 Å². The fourth-order valence-electron chi connectivity index (χ4n) is 1.58. The molecular weight excluding hydrogens is 132 g/mol. The van der Waals surface area contributed by atoms with Gasteiger partial charge in [0.15, 0.2) is 0 Å². The van der Waals surface area contributed by atoms with Crippen molar-refractivity contribution >= 4 is 10.5 Å². The van der Waals surface area contributed by atoms with Gasteiger partial charge >= 0.3 is 0 Å². The summed E-state index contributed by atoms with van der Waals surface area (Å²) >= 11 is 0. The van der Waals surface area contributed by atoms with E-state index in [0.29, 0.717) is 18.3 Å². The molecular formula is C6H12O2Si. The topological polar surface area (TPSA) is 21.8 Å². The number of fused-ring (bicyclic) bond motifs is 1. The minimum atomic E-state index is 0.542. The first-order valence-corrected chi connectivity index (χ1v) is 4.40. The second-order valence-corrected chi connectivity index (χ2v) is 3.36. The first-order valence-electron chi connectivity index (χ1n) is 3.58. The zero-order valence-corrected chi connectivity index (χ0v) is 7.67. The minimum Gasteiger partial charge on any atom is -0.425 e. The van der Waals surface area contributed by atoms with Crippen LogP contribution in [0.4, 0.5) is 0 Å². The van der Waals surface area contributed by atoms with Gasteiger partial charge in [-0.3, -0.25) is 0 Å². The number of rotatable bonds is 1. The van der Waals surface area contributed by atoms with Gasteiger partial charge in [-0.2, -0.15) is 0 Å². The molecule has 3 heteroatoms. The van der Waals surface area contributed by atoms with Crippen LogP contribution in [0.1, 0.15) is 19.3 Å². The van der Waals surface area contributed by atoms with Crippen LogP contribution in [0.3, 0.4) is 0 Å². The van der Waals surface area contributed by atoms with Crippen molar-refractivity contribution in [1.29, 1.82) is 0 Å². The van der Waals surface area contributed by atoms with E-state index >= 15 is 0 Å². The number of ether oxygens (including phenoxy) is 1. The summed E-state index contributed by atoms with van der Waals surface area (Å²) in [6, 6.07) is 0. The van der Waals surface area contributed by atoms with Crippen molar-refractivity contribution in [1.82, 2.24) is 0 Å². The van der Waals surface area contributed by atoms with Crippen molar-refractivity contribution in [2.75, 3.05) is 0 Å². The van der Waals surface area contributed by atoms with Gasteiger partial charge in [0.05, 0.1) is 12.2 Å². The SMILES string of the molecule is [SiH3]O[C@@H]1CC[C@@H]2O[C@@H]2C1. The molecule has 0 N–H and O–H groups in total.